The summed E-state index contributed by atoms with van der Waals surface area (Å²) >= 11 is 0. The second kappa shape index (κ2) is 4.74. The Morgan fingerprint density at radius 2 is 2.13 bits per heavy atom. The molecule has 0 saturated heterocycles. The van der Waals surface area contributed by atoms with Crippen LogP contribution in [-0.4, -0.2) is 32.4 Å². The van der Waals surface area contributed by atoms with Gasteiger partial charge in [0.25, 0.3) is 5.56 Å². The molecular weight excluding hydrogens is 200 g/mol. The van der Waals surface area contributed by atoms with Gasteiger partial charge in [-0.25, -0.2) is 9.89 Å². The number of hydrogen-bond acceptors (Lipinski definition) is 5. The second-order valence-corrected chi connectivity index (χ2v) is 3.49. The number of aliphatic hydroxyl groups excluding tert-OH is 1. The molecule has 7 heteroatoms. The summed E-state index contributed by atoms with van der Waals surface area (Å²) in [5.41, 5.74) is -1.22. The highest BCUT2D eigenvalue weighted by atomic mass is 16.3. The summed E-state index contributed by atoms with van der Waals surface area (Å²) in [5.74, 6) is 0.0442. The molecule has 0 aromatic carbocycles. The molecule has 1 heterocycles. The van der Waals surface area contributed by atoms with Crippen molar-refractivity contribution in [3.05, 3.63) is 20.8 Å². The van der Waals surface area contributed by atoms with Gasteiger partial charge in [0.2, 0.25) is 5.82 Å². The first-order valence-corrected chi connectivity index (χ1v) is 4.62. The van der Waals surface area contributed by atoms with Crippen LogP contribution in [0.15, 0.2) is 9.59 Å². The van der Waals surface area contributed by atoms with Crippen LogP contribution < -0.4 is 16.6 Å². The molecule has 0 aliphatic heterocycles. The Morgan fingerprint density at radius 3 is 2.67 bits per heavy atom. The van der Waals surface area contributed by atoms with Crippen molar-refractivity contribution in [2.75, 3.05) is 5.32 Å². The fraction of sp³-hybridized carbons (Fsp3) is 0.625. The van der Waals surface area contributed by atoms with Crippen molar-refractivity contribution in [2.24, 2.45) is 0 Å². The van der Waals surface area contributed by atoms with Gasteiger partial charge in [0.1, 0.15) is 0 Å². The first kappa shape index (κ1) is 11.4. The molecule has 2 atom stereocenters. The highest BCUT2D eigenvalue weighted by Gasteiger charge is 2.09. The minimum Gasteiger partial charge on any atom is -0.393 e. The Labute approximate surface area is 85.6 Å². The molecule has 0 amide bonds. The minimum atomic E-state index is -0.645. The van der Waals surface area contributed by atoms with E-state index in [1.165, 1.54) is 0 Å². The summed E-state index contributed by atoms with van der Waals surface area (Å²) in [5, 5.41) is 17.6. The summed E-state index contributed by atoms with van der Waals surface area (Å²) in [6.45, 7) is 3.46. The van der Waals surface area contributed by atoms with Gasteiger partial charge in [-0.3, -0.25) is 9.78 Å². The van der Waals surface area contributed by atoms with Gasteiger partial charge in [-0.1, -0.05) is 0 Å². The normalized spacial score (nSPS) is 14.6. The topological polar surface area (TPSA) is 111 Å². The molecule has 7 nitrogen and oxygen atoms in total. The molecule has 0 bridgehead atoms. The number of nitrogens with one attached hydrogen (secondary N) is 3. The third-order valence-electron chi connectivity index (χ3n) is 1.79. The molecule has 0 fully saturated rings. The van der Waals surface area contributed by atoms with Crippen LogP contribution in [0.25, 0.3) is 0 Å². The maximum atomic E-state index is 11.2. The first-order chi connectivity index (χ1) is 6.99. The molecule has 0 aliphatic carbocycles. The van der Waals surface area contributed by atoms with Crippen molar-refractivity contribution >= 4 is 5.82 Å². The van der Waals surface area contributed by atoms with Crippen molar-refractivity contribution in [3.63, 3.8) is 0 Å². The number of H-pyrrole nitrogens is 2. The monoisotopic (exact) mass is 214 g/mol. The number of anilines is 1. The molecule has 4 N–H and O–H groups in total. The fourth-order valence-electron chi connectivity index (χ4n) is 1.25. The molecule has 1 aromatic heterocycles. The summed E-state index contributed by atoms with van der Waals surface area (Å²) in [4.78, 5) is 23.9. The first-order valence-electron chi connectivity index (χ1n) is 4.62. The molecule has 2 unspecified atom stereocenters. The molecule has 0 spiro atoms. The van der Waals surface area contributed by atoms with Crippen LogP contribution in [-0.2, 0) is 0 Å². The van der Waals surface area contributed by atoms with Crippen molar-refractivity contribution in [1.29, 1.82) is 0 Å². The number of aliphatic hydroxyl groups is 1. The zero-order chi connectivity index (χ0) is 11.4. The van der Waals surface area contributed by atoms with Crippen LogP contribution in [0.4, 0.5) is 5.82 Å². The molecule has 15 heavy (non-hydrogen) atoms. The van der Waals surface area contributed by atoms with Crippen molar-refractivity contribution < 1.29 is 5.11 Å². The lowest BCUT2D eigenvalue weighted by atomic mass is 10.1. The van der Waals surface area contributed by atoms with E-state index in [4.69, 9.17) is 5.11 Å². The zero-order valence-electron chi connectivity index (χ0n) is 8.57. The molecule has 84 valence electrons. The predicted molar refractivity (Wildman–Crippen MR) is 54.9 cm³/mol. The van der Waals surface area contributed by atoms with Gasteiger partial charge in [-0.15, -0.1) is 5.10 Å². The van der Waals surface area contributed by atoms with Gasteiger partial charge < -0.3 is 10.4 Å². The highest BCUT2D eigenvalue weighted by molar-refractivity contribution is 5.29. The van der Waals surface area contributed by atoms with E-state index >= 15 is 0 Å². The molecular formula is C8H14N4O3. The Bertz CT molecular complexity index is 422. The maximum absolute atomic E-state index is 11.2. The Kier molecular flexibility index (Phi) is 3.62. The molecule has 1 aromatic rings. The van der Waals surface area contributed by atoms with Gasteiger partial charge >= 0.3 is 5.69 Å². The number of hydrogen-bond donors (Lipinski definition) is 4. The quantitative estimate of drug-likeness (QED) is 0.515. The lowest BCUT2D eigenvalue weighted by molar-refractivity contribution is 0.179. The molecule has 0 aliphatic rings. The van der Waals surface area contributed by atoms with Crippen LogP contribution in [0.3, 0.4) is 0 Å². The largest absolute Gasteiger partial charge is 0.393 e. The van der Waals surface area contributed by atoms with Crippen molar-refractivity contribution in [2.45, 2.75) is 32.4 Å². The van der Waals surface area contributed by atoms with Crippen LogP contribution in [0.5, 0.6) is 0 Å². The standard InChI is InChI=1S/C8H14N4O3/c1-4(3-5(2)13)9-6-7(14)10-8(15)12-11-6/h4-5,13H,3H2,1-2H3,(H,9,11)(H2,10,12,14,15). The van der Waals surface area contributed by atoms with Gasteiger partial charge in [-0.05, 0) is 20.3 Å². The lowest BCUT2D eigenvalue weighted by Crippen LogP contribution is -2.30. The Hall–Kier alpha value is -1.63. The number of aromatic nitrogens is 3. The van der Waals surface area contributed by atoms with Crippen LogP contribution >= 0.6 is 0 Å². The van der Waals surface area contributed by atoms with E-state index in [-0.39, 0.29) is 11.9 Å². The van der Waals surface area contributed by atoms with Gasteiger partial charge in [0.05, 0.1) is 6.10 Å². The zero-order valence-corrected chi connectivity index (χ0v) is 8.57. The number of aromatic amines is 2. The highest BCUT2D eigenvalue weighted by Crippen LogP contribution is 2.01. The van der Waals surface area contributed by atoms with E-state index in [2.05, 4.69) is 15.5 Å². The molecule has 0 saturated carbocycles. The molecule has 1 rings (SSSR count). The minimum absolute atomic E-state index is 0.0442. The summed E-state index contributed by atoms with van der Waals surface area (Å²) in [6.07, 6.45) is 0.0228. The SMILES string of the molecule is CC(O)CC(C)Nc1n[nH]c(=O)[nH]c1=O. The smallest absolute Gasteiger partial charge is 0.342 e. The maximum Gasteiger partial charge on any atom is 0.342 e. The third-order valence-corrected chi connectivity index (χ3v) is 1.79. The third kappa shape index (κ3) is 3.55. The lowest BCUT2D eigenvalue weighted by Gasteiger charge is -2.14. The van der Waals surface area contributed by atoms with Crippen LogP contribution in [0.2, 0.25) is 0 Å². The predicted octanol–water partition coefficient (Wildman–Crippen LogP) is -0.970. The Morgan fingerprint density at radius 1 is 1.47 bits per heavy atom. The summed E-state index contributed by atoms with van der Waals surface area (Å²) in [6, 6.07) is -0.107. The summed E-state index contributed by atoms with van der Waals surface area (Å²) < 4.78 is 0. The average Bonchev–Trinajstić information content (AvgIpc) is 2.08. The van der Waals surface area contributed by atoms with Gasteiger partial charge in [0.15, 0.2) is 0 Å². The van der Waals surface area contributed by atoms with E-state index in [1.54, 1.807) is 13.8 Å². The van der Waals surface area contributed by atoms with Crippen LogP contribution in [0.1, 0.15) is 20.3 Å². The fourth-order valence-corrected chi connectivity index (χ4v) is 1.25. The van der Waals surface area contributed by atoms with Crippen molar-refractivity contribution in [3.8, 4) is 0 Å². The number of nitrogens with zero attached hydrogens (tertiary/aromatic N) is 1. The van der Waals surface area contributed by atoms with Gasteiger partial charge in [-0.2, -0.15) is 0 Å². The second-order valence-electron chi connectivity index (χ2n) is 3.49. The van der Waals surface area contributed by atoms with E-state index in [0.29, 0.717) is 6.42 Å². The molecule has 0 radical (unpaired) electrons. The van der Waals surface area contributed by atoms with E-state index < -0.39 is 17.4 Å². The number of rotatable bonds is 4. The average molecular weight is 214 g/mol. The van der Waals surface area contributed by atoms with E-state index in [0.717, 1.165) is 0 Å². The van der Waals surface area contributed by atoms with Gasteiger partial charge in [0, 0.05) is 6.04 Å². The van der Waals surface area contributed by atoms with Crippen LogP contribution in [0, 0.1) is 0 Å². The van der Waals surface area contributed by atoms with E-state index in [9.17, 15) is 9.59 Å². The Balaban J connectivity index is 2.73. The summed E-state index contributed by atoms with van der Waals surface area (Å²) in [7, 11) is 0. The van der Waals surface area contributed by atoms with Crippen molar-refractivity contribution in [1.82, 2.24) is 15.2 Å². The van der Waals surface area contributed by atoms with E-state index in [1.807, 2.05) is 4.98 Å².